The van der Waals surface area contributed by atoms with Gasteiger partial charge in [-0.1, -0.05) is 0 Å². The molecule has 2 aromatic heterocycles. The minimum absolute atomic E-state index is 0.389. The predicted molar refractivity (Wildman–Crippen MR) is 61.8 cm³/mol. The van der Waals surface area contributed by atoms with Gasteiger partial charge in [0.1, 0.15) is 0 Å². The number of aromatic nitrogens is 4. The van der Waals surface area contributed by atoms with Crippen LogP contribution < -0.4 is 5.73 Å². The van der Waals surface area contributed by atoms with Crippen LogP contribution in [0.3, 0.4) is 0 Å². The van der Waals surface area contributed by atoms with Gasteiger partial charge in [0.25, 0.3) is 0 Å². The molecule has 0 aliphatic heterocycles. The van der Waals surface area contributed by atoms with E-state index < -0.39 is 0 Å². The third-order valence-corrected chi connectivity index (χ3v) is 2.52. The van der Waals surface area contributed by atoms with Gasteiger partial charge in [-0.3, -0.25) is 9.36 Å². The van der Waals surface area contributed by atoms with Crippen molar-refractivity contribution in [2.24, 2.45) is 5.73 Å². The third-order valence-electron chi connectivity index (χ3n) is 2.52. The molecule has 2 heterocycles. The van der Waals surface area contributed by atoms with Crippen LogP contribution in [0.5, 0.6) is 0 Å². The van der Waals surface area contributed by atoms with E-state index in [1.807, 2.05) is 27.7 Å². The molecule has 0 aliphatic carbocycles. The Hall–Kier alpha value is -1.62. The summed E-state index contributed by atoms with van der Waals surface area (Å²) in [4.78, 5) is 0. The third kappa shape index (κ3) is 2.14. The molecule has 0 spiro atoms. The van der Waals surface area contributed by atoms with Crippen LogP contribution in [-0.2, 0) is 13.1 Å². The lowest BCUT2D eigenvalue weighted by molar-refractivity contribution is 0.519. The van der Waals surface area contributed by atoms with Gasteiger partial charge >= 0.3 is 0 Å². The summed E-state index contributed by atoms with van der Waals surface area (Å²) in [5, 5.41) is 8.70. The molecule has 0 saturated heterocycles. The van der Waals surface area contributed by atoms with Crippen LogP contribution in [0.2, 0.25) is 0 Å². The average molecular weight is 219 g/mol. The lowest BCUT2D eigenvalue weighted by Gasteiger charge is -2.05. The highest BCUT2D eigenvalue weighted by Crippen LogP contribution is 2.07. The maximum Gasteiger partial charge on any atom is 0.0853 e. The molecule has 0 bridgehead atoms. The average Bonchev–Trinajstić information content (AvgIpc) is 2.87. The highest BCUT2D eigenvalue weighted by Gasteiger charge is 2.05. The number of hydrogen-bond acceptors (Lipinski definition) is 3. The fourth-order valence-corrected chi connectivity index (χ4v) is 1.58. The molecule has 0 atom stereocenters. The van der Waals surface area contributed by atoms with Crippen LogP contribution in [-0.4, -0.2) is 19.6 Å². The van der Waals surface area contributed by atoms with Gasteiger partial charge in [0.2, 0.25) is 0 Å². The topological polar surface area (TPSA) is 61.7 Å². The van der Waals surface area contributed by atoms with E-state index in [-0.39, 0.29) is 0 Å². The number of nitrogens with zero attached hydrogens (tertiary/aromatic N) is 4. The largest absolute Gasteiger partial charge is 0.325 e. The Morgan fingerprint density at radius 1 is 1.38 bits per heavy atom. The Morgan fingerprint density at radius 2 is 2.19 bits per heavy atom. The molecule has 2 N–H and O–H groups in total. The van der Waals surface area contributed by atoms with Crippen molar-refractivity contribution in [1.82, 2.24) is 19.6 Å². The predicted octanol–water partition coefficient (Wildman–Crippen LogP) is 1.17. The van der Waals surface area contributed by atoms with E-state index >= 15 is 0 Å². The second-order valence-electron chi connectivity index (χ2n) is 4.07. The highest BCUT2D eigenvalue weighted by molar-refractivity contribution is 5.05. The molecule has 2 rings (SSSR count). The Morgan fingerprint density at radius 3 is 2.81 bits per heavy atom. The smallest absolute Gasteiger partial charge is 0.0853 e. The van der Waals surface area contributed by atoms with Gasteiger partial charge in [0.05, 0.1) is 17.9 Å². The van der Waals surface area contributed by atoms with E-state index in [1.54, 1.807) is 6.20 Å². The van der Waals surface area contributed by atoms with Gasteiger partial charge in [-0.2, -0.15) is 10.2 Å². The van der Waals surface area contributed by atoms with E-state index in [0.29, 0.717) is 19.1 Å². The number of nitrogens with two attached hydrogens (primary N) is 1. The zero-order valence-electron chi connectivity index (χ0n) is 9.67. The first-order chi connectivity index (χ1) is 7.70. The zero-order valence-corrected chi connectivity index (χ0v) is 9.67. The molecule has 16 heavy (non-hydrogen) atoms. The molecule has 0 fully saturated rings. The summed E-state index contributed by atoms with van der Waals surface area (Å²) in [7, 11) is 0. The summed E-state index contributed by atoms with van der Waals surface area (Å²) in [6.45, 7) is 5.40. The van der Waals surface area contributed by atoms with Gasteiger partial charge in [0, 0.05) is 25.0 Å². The van der Waals surface area contributed by atoms with Crippen molar-refractivity contribution in [2.45, 2.75) is 33.0 Å². The normalized spacial score (nSPS) is 11.2. The van der Waals surface area contributed by atoms with Crippen LogP contribution in [0.25, 0.3) is 0 Å². The van der Waals surface area contributed by atoms with E-state index in [2.05, 4.69) is 24.0 Å². The minimum atomic E-state index is 0.389. The first-order valence-corrected chi connectivity index (χ1v) is 5.45. The van der Waals surface area contributed by atoms with Gasteiger partial charge in [0.15, 0.2) is 0 Å². The molecule has 0 aromatic carbocycles. The fraction of sp³-hybridized carbons (Fsp3) is 0.455. The van der Waals surface area contributed by atoms with Gasteiger partial charge in [-0.15, -0.1) is 0 Å². The van der Waals surface area contributed by atoms with Gasteiger partial charge in [-0.05, 0) is 26.0 Å². The standard InChI is InChI=1S/C11H17N5/c1-9(2)15-6-4-10(14-15)8-16-11(7-12)3-5-13-16/h3-6,9H,7-8,12H2,1-2H3. The maximum atomic E-state index is 5.62. The fourth-order valence-electron chi connectivity index (χ4n) is 1.58. The van der Waals surface area contributed by atoms with Gasteiger partial charge in [-0.25, -0.2) is 0 Å². The lowest BCUT2D eigenvalue weighted by atomic mass is 10.4. The van der Waals surface area contributed by atoms with Crippen LogP contribution >= 0.6 is 0 Å². The monoisotopic (exact) mass is 219 g/mol. The molecule has 86 valence electrons. The second kappa shape index (κ2) is 4.49. The molecule has 0 aliphatic rings. The second-order valence-corrected chi connectivity index (χ2v) is 4.07. The first kappa shape index (κ1) is 10.9. The Labute approximate surface area is 94.9 Å². The van der Waals surface area contributed by atoms with E-state index in [9.17, 15) is 0 Å². The van der Waals surface area contributed by atoms with Crippen molar-refractivity contribution in [3.63, 3.8) is 0 Å². The van der Waals surface area contributed by atoms with Crippen LogP contribution in [0.4, 0.5) is 0 Å². The molecule has 5 nitrogen and oxygen atoms in total. The lowest BCUT2D eigenvalue weighted by Crippen LogP contribution is -2.10. The molecule has 0 radical (unpaired) electrons. The van der Waals surface area contributed by atoms with Crippen molar-refractivity contribution in [1.29, 1.82) is 0 Å². The van der Waals surface area contributed by atoms with Crippen LogP contribution in [0.15, 0.2) is 24.5 Å². The van der Waals surface area contributed by atoms with Gasteiger partial charge < -0.3 is 5.73 Å². The SMILES string of the molecule is CC(C)n1ccc(Cn2nccc2CN)n1. The summed E-state index contributed by atoms with van der Waals surface area (Å²) < 4.78 is 3.83. The summed E-state index contributed by atoms with van der Waals surface area (Å²) in [5.74, 6) is 0. The highest BCUT2D eigenvalue weighted by atomic mass is 15.3. The first-order valence-electron chi connectivity index (χ1n) is 5.45. The Balaban J connectivity index is 2.14. The van der Waals surface area contributed by atoms with Crippen molar-refractivity contribution >= 4 is 0 Å². The number of rotatable bonds is 4. The maximum absolute atomic E-state index is 5.62. The summed E-state index contributed by atoms with van der Waals surface area (Å²) >= 11 is 0. The zero-order chi connectivity index (χ0) is 11.5. The molecule has 0 saturated carbocycles. The van der Waals surface area contributed by atoms with E-state index in [4.69, 9.17) is 5.73 Å². The molecule has 5 heteroatoms. The molecule has 0 amide bonds. The Bertz CT molecular complexity index is 454. The van der Waals surface area contributed by atoms with Crippen molar-refractivity contribution < 1.29 is 0 Å². The minimum Gasteiger partial charge on any atom is -0.325 e. The van der Waals surface area contributed by atoms with Crippen molar-refractivity contribution in [3.05, 3.63) is 35.9 Å². The summed E-state index contributed by atoms with van der Waals surface area (Å²) in [6.07, 6.45) is 3.76. The quantitative estimate of drug-likeness (QED) is 0.839. The van der Waals surface area contributed by atoms with E-state index in [1.165, 1.54) is 0 Å². The van der Waals surface area contributed by atoms with Crippen molar-refractivity contribution in [2.75, 3.05) is 0 Å². The molecule has 0 unspecified atom stereocenters. The van der Waals surface area contributed by atoms with Crippen LogP contribution in [0.1, 0.15) is 31.3 Å². The number of hydrogen-bond donors (Lipinski definition) is 1. The van der Waals surface area contributed by atoms with E-state index in [0.717, 1.165) is 11.4 Å². The summed E-state index contributed by atoms with van der Waals surface area (Å²) in [6, 6.07) is 4.34. The molecule has 2 aromatic rings. The Kier molecular flexibility index (Phi) is 3.05. The molecular formula is C11H17N5. The van der Waals surface area contributed by atoms with Crippen LogP contribution in [0, 0.1) is 0 Å². The molecular weight excluding hydrogens is 202 g/mol. The summed E-state index contributed by atoms with van der Waals surface area (Å²) in [5.41, 5.74) is 7.65. The van der Waals surface area contributed by atoms with Crippen molar-refractivity contribution in [3.8, 4) is 0 Å².